The number of aromatic amines is 1. The molecular weight excluding hydrogens is 450 g/mol. The van der Waals surface area contributed by atoms with Crippen molar-refractivity contribution in [2.75, 3.05) is 0 Å². The lowest BCUT2D eigenvalue weighted by molar-refractivity contribution is 0.691. The fourth-order valence-electron chi connectivity index (χ4n) is 4.04. The van der Waals surface area contributed by atoms with Crippen molar-refractivity contribution in [3.63, 3.8) is 0 Å². The number of benzene rings is 2. The van der Waals surface area contributed by atoms with Crippen LogP contribution in [0.15, 0.2) is 78.0 Å². The third-order valence-corrected chi connectivity index (χ3v) is 6.01. The molecular formula is C25H22ClN7O. The Morgan fingerprint density at radius 1 is 1.03 bits per heavy atom. The molecule has 0 unspecified atom stereocenters. The highest BCUT2D eigenvalue weighted by Gasteiger charge is 2.15. The van der Waals surface area contributed by atoms with Gasteiger partial charge >= 0.3 is 5.69 Å². The molecule has 0 spiro atoms. The molecule has 9 heteroatoms. The number of halogens is 1. The SMILES string of the molecule is CCCc1cn(-c2ccccc2Cl)c(=O)n1Cc1ccc(-c2ccncc2-c2nn[nH]n2)cc1. The monoisotopic (exact) mass is 471 g/mol. The fourth-order valence-corrected chi connectivity index (χ4v) is 4.27. The predicted octanol–water partition coefficient (Wildman–Crippen LogP) is 4.54. The molecule has 8 nitrogen and oxygen atoms in total. The highest BCUT2D eigenvalue weighted by atomic mass is 35.5. The minimum atomic E-state index is -0.103. The Balaban J connectivity index is 1.48. The van der Waals surface area contributed by atoms with Gasteiger partial charge in [-0.25, -0.2) is 4.79 Å². The van der Waals surface area contributed by atoms with Gasteiger partial charge in [0.2, 0.25) is 5.82 Å². The average molecular weight is 472 g/mol. The number of imidazole rings is 1. The van der Waals surface area contributed by atoms with Gasteiger partial charge in [-0.3, -0.25) is 14.1 Å². The molecule has 0 fully saturated rings. The Hall–Kier alpha value is -4.04. The Kier molecular flexibility index (Phi) is 6.05. The maximum absolute atomic E-state index is 13.3. The van der Waals surface area contributed by atoms with Crippen molar-refractivity contribution >= 4 is 11.6 Å². The number of nitrogens with one attached hydrogen (secondary N) is 1. The Morgan fingerprint density at radius 2 is 1.85 bits per heavy atom. The molecule has 34 heavy (non-hydrogen) atoms. The standard InChI is InChI=1S/C25H22ClN7O/c1-2-5-19-16-33(23-7-4-3-6-22(23)26)25(34)32(19)15-17-8-10-18(11-9-17)20-12-13-27-14-21(20)24-28-30-31-29-24/h3-4,6-14,16H,2,5,15H2,1H3,(H,28,29,30,31). The van der Waals surface area contributed by atoms with E-state index in [4.69, 9.17) is 11.6 Å². The molecule has 5 rings (SSSR count). The molecule has 0 saturated carbocycles. The van der Waals surface area contributed by atoms with E-state index in [-0.39, 0.29) is 5.69 Å². The van der Waals surface area contributed by atoms with Crippen LogP contribution in [0.25, 0.3) is 28.2 Å². The summed E-state index contributed by atoms with van der Waals surface area (Å²) in [5.41, 5.74) is 5.33. The van der Waals surface area contributed by atoms with Gasteiger partial charge < -0.3 is 0 Å². The van der Waals surface area contributed by atoms with E-state index in [0.29, 0.717) is 23.1 Å². The lowest BCUT2D eigenvalue weighted by atomic mass is 10.00. The van der Waals surface area contributed by atoms with E-state index < -0.39 is 0 Å². The molecule has 0 radical (unpaired) electrons. The van der Waals surface area contributed by atoms with Crippen molar-refractivity contribution in [3.8, 4) is 28.2 Å². The number of pyridine rings is 1. The number of aromatic nitrogens is 7. The van der Waals surface area contributed by atoms with E-state index in [9.17, 15) is 4.79 Å². The van der Waals surface area contributed by atoms with Crippen LogP contribution in [0.2, 0.25) is 5.02 Å². The summed E-state index contributed by atoms with van der Waals surface area (Å²) in [6, 6.07) is 17.4. The van der Waals surface area contributed by atoms with E-state index in [2.05, 4.69) is 32.5 Å². The third-order valence-electron chi connectivity index (χ3n) is 5.69. The highest BCUT2D eigenvalue weighted by molar-refractivity contribution is 6.32. The van der Waals surface area contributed by atoms with Crippen LogP contribution in [0.1, 0.15) is 24.6 Å². The number of H-pyrrole nitrogens is 1. The predicted molar refractivity (Wildman–Crippen MR) is 131 cm³/mol. The first-order valence-electron chi connectivity index (χ1n) is 11.0. The molecule has 0 aliphatic rings. The summed E-state index contributed by atoms with van der Waals surface area (Å²) >= 11 is 6.37. The Labute approximate surface area is 200 Å². The third kappa shape index (κ3) is 4.15. The van der Waals surface area contributed by atoms with Crippen LogP contribution in [0.3, 0.4) is 0 Å². The van der Waals surface area contributed by atoms with Crippen LogP contribution in [-0.2, 0) is 13.0 Å². The van der Waals surface area contributed by atoms with Gasteiger partial charge in [-0.1, -0.05) is 61.3 Å². The van der Waals surface area contributed by atoms with Gasteiger partial charge in [0.25, 0.3) is 0 Å². The molecule has 0 aliphatic heterocycles. The van der Waals surface area contributed by atoms with E-state index in [1.807, 2.05) is 59.3 Å². The molecule has 0 atom stereocenters. The first-order valence-corrected chi connectivity index (χ1v) is 11.4. The summed E-state index contributed by atoms with van der Waals surface area (Å²) in [5, 5.41) is 14.8. The number of rotatable bonds is 7. The number of hydrogen-bond donors (Lipinski definition) is 1. The Bertz CT molecular complexity index is 1470. The molecule has 5 aromatic rings. The molecule has 2 aromatic carbocycles. The van der Waals surface area contributed by atoms with Crippen molar-refractivity contribution in [3.05, 3.63) is 100.0 Å². The van der Waals surface area contributed by atoms with Gasteiger partial charge in [-0.05, 0) is 46.5 Å². The summed E-state index contributed by atoms with van der Waals surface area (Å²) < 4.78 is 3.45. The average Bonchev–Trinajstić information content (AvgIpc) is 3.50. The number of nitrogens with zero attached hydrogens (tertiary/aromatic N) is 6. The summed E-state index contributed by atoms with van der Waals surface area (Å²) in [6.07, 6.45) is 7.10. The van der Waals surface area contributed by atoms with Crippen LogP contribution in [0.5, 0.6) is 0 Å². The second-order valence-corrected chi connectivity index (χ2v) is 8.32. The summed E-state index contributed by atoms with van der Waals surface area (Å²) in [7, 11) is 0. The van der Waals surface area contributed by atoms with Crippen molar-refractivity contribution in [2.24, 2.45) is 0 Å². The van der Waals surface area contributed by atoms with Gasteiger partial charge in [0, 0.05) is 29.8 Å². The zero-order chi connectivity index (χ0) is 23.5. The maximum Gasteiger partial charge on any atom is 0.333 e. The molecule has 0 saturated heterocycles. The van der Waals surface area contributed by atoms with E-state index in [1.165, 1.54) is 0 Å². The van der Waals surface area contributed by atoms with Gasteiger partial charge in [-0.2, -0.15) is 5.21 Å². The summed E-state index contributed by atoms with van der Waals surface area (Å²) in [6.45, 7) is 2.58. The molecule has 3 aromatic heterocycles. The zero-order valence-electron chi connectivity index (χ0n) is 18.5. The van der Waals surface area contributed by atoms with Crippen molar-refractivity contribution in [1.82, 2.24) is 34.7 Å². The second kappa shape index (κ2) is 9.44. The lowest BCUT2D eigenvalue weighted by Gasteiger charge is -2.09. The van der Waals surface area contributed by atoms with Gasteiger partial charge in [0.05, 0.1) is 17.3 Å². The van der Waals surface area contributed by atoms with Crippen molar-refractivity contribution in [2.45, 2.75) is 26.3 Å². The van der Waals surface area contributed by atoms with Crippen LogP contribution < -0.4 is 5.69 Å². The van der Waals surface area contributed by atoms with E-state index >= 15 is 0 Å². The van der Waals surface area contributed by atoms with E-state index in [0.717, 1.165) is 40.8 Å². The summed E-state index contributed by atoms with van der Waals surface area (Å²) in [5.74, 6) is 0.490. The van der Waals surface area contributed by atoms with Crippen LogP contribution in [0, 0.1) is 0 Å². The normalized spacial score (nSPS) is 11.1. The number of para-hydroxylation sites is 1. The Morgan fingerprint density at radius 3 is 2.59 bits per heavy atom. The first-order chi connectivity index (χ1) is 16.7. The largest absolute Gasteiger partial charge is 0.333 e. The van der Waals surface area contributed by atoms with Gasteiger partial charge in [0.1, 0.15) is 0 Å². The van der Waals surface area contributed by atoms with Gasteiger partial charge in [0.15, 0.2) is 0 Å². The molecule has 170 valence electrons. The topological polar surface area (TPSA) is 94.3 Å². The first kappa shape index (κ1) is 21.8. The van der Waals surface area contributed by atoms with Crippen molar-refractivity contribution < 1.29 is 0 Å². The highest BCUT2D eigenvalue weighted by Crippen LogP contribution is 2.29. The number of tetrazole rings is 1. The van der Waals surface area contributed by atoms with Crippen LogP contribution in [-0.4, -0.2) is 34.7 Å². The molecule has 0 amide bonds. The molecule has 0 bridgehead atoms. The quantitative estimate of drug-likeness (QED) is 0.376. The van der Waals surface area contributed by atoms with E-state index in [1.54, 1.807) is 23.0 Å². The van der Waals surface area contributed by atoms with Crippen molar-refractivity contribution in [1.29, 1.82) is 0 Å². The number of hydrogen-bond acceptors (Lipinski definition) is 5. The zero-order valence-corrected chi connectivity index (χ0v) is 19.3. The molecule has 3 heterocycles. The minimum absolute atomic E-state index is 0.103. The number of aryl methyl sites for hydroxylation is 1. The minimum Gasteiger partial charge on any atom is -0.292 e. The maximum atomic E-state index is 13.3. The smallest absolute Gasteiger partial charge is 0.292 e. The van der Waals surface area contributed by atoms with Crippen LogP contribution in [0.4, 0.5) is 0 Å². The lowest BCUT2D eigenvalue weighted by Crippen LogP contribution is -2.24. The van der Waals surface area contributed by atoms with Crippen LogP contribution >= 0.6 is 11.6 Å². The fraction of sp³-hybridized carbons (Fsp3) is 0.160. The summed E-state index contributed by atoms with van der Waals surface area (Å²) in [4.78, 5) is 17.5. The van der Waals surface area contributed by atoms with Gasteiger partial charge in [-0.15, -0.1) is 10.2 Å². The second-order valence-electron chi connectivity index (χ2n) is 7.91. The molecule has 0 aliphatic carbocycles. The molecule has 1 N–H and O–H groups in total.